The number of hydrogen-bond acceptors (Lipinski definition) is 3. The zero-order valence-electron chi connectivity index (χ0n) is 10.5. The molecule has 3 nitrogen and oxygen atoms in total. The van der Waals surface area contributed by atoms with E-state index in [4.69, 9.17) is 5.11 Å². The van der Waals surface area contributed by atoms with Crippen molar-refractivity contribution in [3.63, 3.8) is 0 Å². The number of aliphatic hydroxyl groups is 1. The van der Waals surface area contributed by atoms with Crippen LogP contribution in [0.15, 0.2) is 11.4 Å². The van der Waals surface area contributed by atoms with Gasteiger partial charge in [0.2, 0.25) is 5.91 Å². The van der Waals surface area contributed by atoms with Crippen LogP contribution in [0.4, 0.5) is 0 Å². The molecule has 0 bridgehead atoms. The quantitative estimate of drug-likeness (QED) is 0.842. The van der Waals surface area contributed by atoms with Crippen molar-refractivity contribution < 1.29 is 9.90 Å². The van der Waals surface area contributed by atoms with Gasteiger partial charge in [0, 0.05) is 20.0 Å². The van der Waals surface area contributed by atoms with Crippen molar-refractivity contribution in [1.82, 2.24) is 4.90 Å². The van der Waals surface area contributed by atoms with E-state index in [9.17, 15) is 4.79 Å². The Balaban J connectivity index is 1.87. The van der Waals surface area contributed by atoms with E-state index < -0.39 is 0 Å². The lowest BCUT2D eigenvalue weighted by molar-refractivity contribution is -0.130. The van der Waals surface area contributed by atoms with Crippen molar-refractivity contribution >= 4 is 17.2 Å². The van der Waals surface area contributed by atoms with Gasteiger partial charge in [-0.3, -0.25) is 4.79 Å². The summed E-state index contributed by atoms with van der Waals surface area (Å²) >= 11 is 1.55. The Morgan fingerprint density at radius 3 is 3.06 bits per heavy atom. The number of hydrogen-bond donors (Lipinski definition) is 1. The Kier molecular flexibility index (Phi) is 4.40. The zero-order chi connectivity index (χ0) is 13.0. The highest BCUT2D eigenvalue weighted by atomic mass is 32.1. The van der Waals surface area contributed by atoms with E-state index in [0.29, 0.717) is 18.9 Å². The number of aliphatic hydroxyl groups excluding tert-OH is 1. The lowest BCUT2D eigenvalue weighted by atomic mass is 10.2. The van der Waals surface area contributed by atoms with Gasteiger partial charge in [-0.2, -0.15) is 0 Å². The third-order valence-electron chi connectivity index (χ3n) is 2.95. The van der Waals surface area contributed by atoms with Crippen LogP contribution in [-0.2, 0) is 11.3 Å². The smallest absolute Gasteiger partial charge is 0.222 e. The lowest BCUT2D eigenvalue weighted by Gasteiger charge is -2.16. The topological polar surface area (TPSA) is 40.5 Å². The highest BCUT2D eigenvalue weighted by Gasteiger charge is 2.25. The van der Waals surface area contributed by atoms with Gasteiger partial charge >= 0.3 is 0 Å². The maximum absolute atomic E-state index is 11.8. The Hall–Kier alpha value is -1.31. The fraction of sp³-hybridized carbons (Fsp3) is 0.500. The van der Waals surface area contributed by atoms with Crippen LogP contribution in [0, 0.1) is 17.8 Å². The predicted molar refractivity (Wildman–Crippen MR) is 72.1 cm³/mol. The highest BCUT2D eigenvalue weighted by Crippen LogP contribution is 2.32. The predicted octanol–water partition coefficient (Wildman–Crippen LogP) is 1.85. The largest absolute Gasteiger partial charge is 0.384 e. The fourth-order valence-corrected chi connectivity index (χ4v) is 2.51. The number of nitrogens with zero attached hydrogens (tertiary/aromatic N) is 1. The second-order valence-corrected chi connectivity index (χ2v) is 5.59. The molecule has 96 valence electrons. The van der Waals surface area contributed by atoms with E-state index in [-0.39, 0.29) is 12.5 Å². The van der Waals surface area contributed by atoms with Crippen molar-refractivity contribution in [1.29, 1.82) is 0 Å². The first kappa shape index (κ1) is 13.1. The van der Waals surface area contributed by atoms with E-state index >= 15 is 0 Å². The average Bonchev–Trinajstić information content (AvgIpc) is 3.05. The molecule has 1 fully saturated rings. The van der Waals surface area contributed by atoms with Crippen LogP contribution in [0.3, 0.4) is 0 Å². The third-order valence-corrected chi connectivity index (χ3v) is 3.84. The molecular formula is C14H17NO2S. The van der Waals surface area contributed by atoms with E-state index in [1.54, 1.807) is 16.2 Å². The molecule has 1 saturated carbocycles. The molecule has 0 unspecified atom stereocenters. The zero-order valence-corrected chi connectivity index (χ0v) is 11.3. The molecule has 0 aliphatic heterocycles. The van der Waals surface area contributed by atoms with E-state index in [1.165, 1.54) is 12.8 Å². The minimum absolute atomic E-state index is 0.118. The molecular weight excluding hydrogens is 246 g/mol. The number of amides is 1. The van der Waals surface area contributed by atoms with Gasteiger partial charge in [-0.15, -0.1) is 11.3 Å². The first-order chi connectivity index (χ1) is 8.69. The molecule has 1 aliphatic carbocycles. The highest BCUT2D eigenvalue weighted by molar-refractivity contribution is 7.10. The van der Waals surface area contributed by atoms with Gasteiger partial charge in [-0.25, -0.2) is 0 Å². The van der Waals surface area contributed by atoms with Crippen LogP contribution >= 0.6 is 11.3 Å². The van der Waals surface area contributed by atoms with E-state index in [2.05, 4.69) is 11.8 Å². The summed E-state index contributed by atoms with van der Waals surface area (Å²) in [6.45, 7) is 0.524. The summed E-state index contributed by atoms with van der Waals surface area (Å²) in [5.41, 5.74) is 1.11. The third kappa shape index (κ3) is 3.86. The molecule has 4 heteroatoms. The van der Waals surface area contributed by atoms with Crippen LogP contribution in [0.25, 0.3) is 0 Å². The number of carbonyl (C=O) groups is 1. The van der Waals surface area contributed by atoms with Crippen molar-refractivity contribution in [2.24, 2.45) is 5.92 Å². The monoisotopic (exact) mass is 263 g/mol. The van der Waals surface area contributed by atoms with E-state index in [1.807, 2.05) is 18.5 Å². The van der Waals surface area contributed by atoms with Gasteiger partial charge in [-0.05, 0) is 35.8 Å². The molecule has 1 aromatic rings. The maximum atomic E-state index is 11.8. The summed E-state index contributed by atoms with van der Waals surface area (Å²) in [5, 5.41) is 10.6. The average molecular weight is 263 g/mol. The molecule has 0 spiro atoms. The summed E-state index contributed by atoms with van der Waals surface area (Å²) < 4.78 is 0. The number of rotatable bonds is 4. The Labute approximate surface area is 111 Å². The molecule has 0 aromatic carbocycles. The summed E-state index contributed by atoms with van der Waals surface area (Å²) in [7, 11) is 1.85. The fourth-order valence-electron chi connectivity index (χ4n) is 1.74. The lowest BCUT2D eigenvalue weighted by Crippen LogP contribution is -2.26. The molecule has 0 radical (unpaired) electrons. The van der Waals surface area contributed by atoms with Crippen LogP contribution < -0.4 is 0 Å². The molecule has 2 rings (SSSR count). The summed E-state index contributed by atoms with van der Waals surface area (Å²) in [4.78, 5) is 14.6. The maximum Gasteiger partial charge on any atom is 0.222 e. The SMILES string of the molecule is CN(Cc1csc(C#CCO)c1)C(=O)CC1CC1. The van der Waals surface area contributed by atoms with Crippen LogP contribution in [0.2, 0.25) is 0 Å². The summed E-state index contributed by atoms with van der Waals surface area (Å²) in [5.74, 6) is 6.36. The van der Waals surface area contributed by atoms with Crippen LogP contribution in [0.5, 0.6) is 0 Å². The first-order valence-corrected chi connectivity index (χ1v) is 6.98. The van der Waals surface area contributed by atoms with Crippen molar-refractivity contribution in [2.75, 3.05) is 13.7 Å². The van der Waals surface area contributed by atoms with Crippen LogP contribution in [-0.4, -0.2) is 29.6 Å². The normalized spacial score (nSPS) is 13.9. The van der Waals surface area contributed by atoms with E-state index in [0.717, 1.165) is 10.4 Å². The second-order valence-electron chi connectivity index (χ2n) is 4.68. The minimum Gasteiger partial charge on any atom is -0.384 e. The second kappa shape index (κ2) is 6.03. The van der Waals surface area contributed by atoms with Gasteiger partial charge in [0.1, 0.15) is 6.61 Å². The molecule has 1 N–H and O–H groups in total. The Bertz CT molecular complexity index is 479. The molecule has 18 heavy (non-hydrogen) atoms. The van der Waals surface area contributed by atoms with Crippen molar-refractivity contribution in [3.05, 3.63) is 21.9 Å². The first-order valence-electron chi connectivity index (χ1n) is 6.10. The molecule has 0 atom stereocenters. The number of thiophene rings is 1. The molecule has 1 heterocycles. The van der Waals surface area contributed by atoms with Crippen molar-refractivity contribution in [2.45, 2.75) is 25.8 Å². The molecule has 0 saturated heterocycles. The Morgan fingerprint density at radius 1 is 1.61 bits per heavy atom. The van der Waals surface area contributed by atoms with Gasteiger partial charge in [0.15, 0.2) is 0 Å². The van der Waals surface area contributed by atoms with Crippen LogP contribution in [0.1, 0.15) is 29.7 Å². The van der Waals surface area contributed by atoms with Gasteiger partial charge in [-0.1, -0.05) is 11.8 Å². The summed E-state index contributed by atoms with van der Waals surface area (Å²) in [6.07, 6.45) is 3.11. The number of carbonyl (C=O) groups excluding carboxylic acids is 1. The Morgan fingerprint density at radius 2 is 2.39 bits per heavy atom. The van der Waals surface area contributed by atoms with Crippen molar-refractivity contribution in [3.8, 4) is 11.8 Å². The van der Waals surface area contributed by atoms with Gasteiger partial charge in [0.05, 0.1) is 4.88 Å². The molecule has 1 aromatic heterocycles. The van der Waals surface area contributed by atoms with Gasteiger partial charge < -0.3 is 10.0 Å². The molecule has 1 aliphatic rings. The summed E-state index contributed by atoms with van der Waals surface area (Å²) in [6, 6.07) is 1.98. The molecule has 1 amide bonds. The minimum atomic E-state index is -0.118. The van der Waals surface area contributed by atoms with Gasteiger partial charge in [0.25, 0.3) is 0 Å². The standard InChI is InChI=1S/C14H17NO2S/c1-15(14(17)8-11-4-5-11)9-12-7-13(18-10-12)3-2-6-16/h7,10-11,16H,4-6,8-9H2,1H3.